The number of nitrogens with zero attached hydrogens (tertiary/aromatic N) is 2. The zero-order chi connectivity index (χ0) is 12.5. The van der Waals surface area contributed by atoms with Crippen LogP contribution in [0.4, 0.5) is 4.39 Å². The van der Waals surface area contributed by atoms with Crippen LogP contribution in [0.2, 0.25) is 0 Å². The number of pyridine rings is 1. The van der Waals surface area contributed by atoms with Gasteiger partial charge in [0.25, 0.3) is 5.65 Å². The van der Waals surface area contributed by atoms with Crippen LogP contribution >= 0.6 is 0 Å². The van der Waals surface area contributed by atoms with Gasteiger partial charge in [-0.25, -0.2) is 13.4 Å². The first kappa shape index (κ1) is 11.0. The lowest BCUT2D eigenvalue weighted by Crippen LogP contribution is -2.32. The molecule has 2 heterocycles. The van der Waals surface area contributed by atoms with Gasteiger partial charge in [-0.15, -0.1) is 0 Å². The van der Waals surface area contributed by atoms with Gasteiger partial charge < -0.3 is 0 Å². The summed E-state index contributed by atoms with van der Waals surface area (Å²) in [5.74, 6) is -0.193. The molecular formula is C15H14FN2+. The molecule has 0 bridgehead atoms. The number of imidazole rings is 1. The third kappa shape index (κ3) is 1.88. The Kier molecular flexibility index (Phi) is 2.59. The van der Waals surface area contributed by atoms with Crippen molar-refractivity contribution in [3.05, 3.63) is 71.9 Å². The molecule has 0 fully saturated rings. The minimum atomic E-state index is -0.193. The van der Waals surface area contributed by atoms with Crippen molar-refractivity contribution in [2.24, 2.45) is 0 Å². The molecule has 0 spiro atoms. The number of fused-ring (bicyclic) bond motifs is 1. The smallest absolute Gasteiger partial charge is 0.226 e. The highest BCUT2D eigenvalue weighted by atomic mass is 19.1. The van der Waals surface area contributed by atoms with Crippen molar-refractivity contribution in [2.45, 2.75) is 13.5 Å². The van der Waals surface area contributed by atoms with E-state index in [1.54, 1.807) is 0 Å². The van der Waals surface area contributed by atoms with E-state index in [1.807, 2.05) is 30.5 Å². The number of halogens is 1. The molecule has 0 aliphatic carbocycles. The van der Waals surface area contributed by atoms with Crippen LogP contribution in [0.5, 0.6) is 0 Å². The average Bonchev–Trinajstić information content (AvgIpc) is 2.70. The van der Waals surface area contributed by atoms with E-state index >= 15 is 0 Å². The van der Waals surface area contributed by atoms with Crippen molar-refractivity contribution in [3.63, 3.8) is 0 Å². The molecule has 2 aromatic heterocycles. The van der Waals surface area contributed by atoms with E-state index in [1.165, 1.54) is 17.8 Å². The first-order valence-corrected chi connectivity index (χ1v) is 5.94. The summed E-state index contributed by atoms with van der Waals surface area (Å²) >= 11 is 0. The summed E-state index contributed by atoms with van der Waals surface area (Å²) in [6, 6.07) is 12.8. The van der Waals surface area contributed by atoms with E-state index in [-0.39, 0.29) is 5.82 Å². The number of rotatable bonds is 2. The summed E-state index contributed by atoms with van der Waals surface area (Å²) in [6.07, 6.45) is 4.16. The number of benzene rings is 1. The normalized spacial score (nSPS) is 11.0. The molecule has 0 atom stereocenters. The molecule has 0 saturated heterocycles. The molecule has 3 rings (SSSR count). The first-order chi connectivity index (χ1) is 8.74. The summed E-state index contributed by atoms with van der Waals surface area (Å²) in [4.78, 5) is 0. The summed E-state index contributed by atoms with van der Waals surface area (Å²) in [5, 5.41) is 0. The van der Waals surface area contributed by atoms with E-state index in [0.29, 0.717) is 0 Å². The monoisotopic (exact) mass is 241 g/mol. The molecule has 1 aromatic carbocycles. The summed E-state index contributed by atoms with van der Waals surface area (Å²) < 4.78 is 17.2. The van der Waals surface area contributed by atoms with Crippen LogP contribution in [-0.4, -0.2) is 4.40 Å². The van der Waals surface area contributed by atoms with Crippen molar-refractivity contribution >= 4 is 5.65 Å². The molecule has 0 radical (unpaired) electrons. The van der Waals surface area contributed by atoms with E-state index in [0.717, 1.165) is 17.8 Å². The van der Waals surface area contributed by atoms with Gasteiger partial charge in [0, 0.05) is 13.0 Å². The Morgan fingerprint density at radius 2 is 1.89 bits per heavy atom. The van der Waals surface area contributed by atoms with Crippen LogP contribution in [0.1, 0.15) is 11.3 Å². The third-order valence-electron chi connectivity index (χ3n) is 3.12. The van der Waals surface area contributed by atoms with Gasteiger partial charge in [-0.1, -0.05) is 18.2 Å². The molecule has 0 unspecified atom stereocenters. The van der Waals surface area contributed by atoms with Gasteiger partial charge in [0.1, 0.15) is 24.3 Å². The van der Waals surface area contributed by atoms with Crippen molar-refractivity contribution < 1.29 is 8.96 Å². The number of hydrogen-bond donors (Lipinski definition) is 0. The fraction of sp³-hybridized carbons (Fsp3) is 0.133. The summed E-state index contributed by atoms with van der Waals surface area (Å²) in [7, 11) is 0. The minimum absolute atomic E-state index is 0.193. The molecule has 3 aromatic rings. The van der Waals surface area contributed by atoms with Gasteiger partial charge in [0.15, 0.2) is 0 Å². The van der Waals surface area contributed by atoms with Crippen molar-refractivity contribution in [2.75, 3.05) is 0 Å². The predicted molar refractivity (Wildman–Crippen MR) is 67.8 cm³/mol. The standard InChI is InChI=1S/C15H14FN2/c1-12-10-17(15-4-2-3-9-18(12)15)11-13-5-7-14(16)8-6-13/h2-10H,11H2,1H3/q+1. The quantitative estimate of drug-likeness (QED) is 0.610. The Bertz CT molecular complexity index is 683. The van der Waals surface area contributed by atoms with Crippen LogP contribution in [0, 0.1) is 12.7 Å². The lowest BCUT2D eigenvalue weighted by atomic mass is 10.2. The Hall–Kier alpha value is -2.16. The number of aryl methyl sites for hydroxylation is 1. The fourth-order valence-electron chi connectivity index (χ4n) is 2.23. The second-order valence-corrected chi connectivity index (χ2v) is 4.45. The second kappa shape index (κ2) is 4.26. The predicted octanol–water partition coefficient (Wildman–Crippen LogP) is 2.72. The zero-order valence-electron chi connectivity index (χ0n) is 10.2. The highest BCUT2D eigenvalue weighted by Crippen LogP contribution is 2.06. The van der Waals surface area contributed by atoms with Crippen molar-refractivity contribution in [1.82, 2.24) is 4.40 Å². The largest absolute Gasteiger partial charge is 0.286 e. The zero-order valence-corrected chi connectivity index (χ0v) is 10.2. The van der Waals surface area contributed by atoms with E-state index in [4.69, 9.17) is 0 Å². The van der Waals surface area contributed by atoms with E-state index < -0.39 is 0 Å². The molecule has 0 aliphatic rings. The summed E-state index contributed by atoms with van der Waals surface area (Å²) in [5.41, 5.74) is 3.42. The lowest BCUT2D eigenvalue weighted by Gasteiger charge is -1.98. The molecule has 3 heteroatoms. The van der Waals surface area contributed by atoms with Gasteiger partial charge in [-0.2, -0.15) is 0 Å². The molecule has 0 amide bonds. The van der Waals surface area contributed by atoms with Crippen LogP contribution in [0.3, 0.4) is 0 Å². The Morgan fingerprint density at radius 1 is 1.11 bits per heavy atom. The van der Waals surface area contributed by atoms with Gasteiger partial charge in [0.2, 0.25) is 0 Å². The maximum absolute atomic E-state index is 12.9. The van der Waals surface area contributed by atoms with Crippen LogP contribution in [0.15, 0.2) is 54.9 Å². The maximum atomic E-state index is 12.9. The maximum Gasteiger partial charge on any atom is 0.286 e. The molecule has 0 saturated carbocycles. The van der Waals surface area contributed by atoms with Crippen molar-refractivity contribution in [1.29, 1.82) is 0 Å². The minimum Gasteiger partial charge on any atom is -0.226 e. The molecule has 90 valence electrons. The molecule has 2 nitrogen and oxygen atoms in total. The fourth-order valence-corrected chi connectivity index (χ4v) is 2.23. The Labute approximate surface area is 105 Å². The molecule has 0 N–H and O–H groups in total. The average molecular weight is 241 g/mol. The highest BCUT2D eigenvalue weighted by Gasteiger charge is 2.12. The van der Waals surface area contributed by atoms with Gasteiger partial charge >= 0.3 is 0 Å². The van der Waals surface area contributed by atoms with Gasteiger partial charge in [-0.05, 0) is 23.8 Å². The SMILES string of the molecule is Cc1c[n+](Cc2ccc(F)cc2)c2ccccn12. The van der Waals surface area contributed by atoms with Gasteiger partial charge in [-0.3, -0.25) is 0 Å². The third-order valence-corrected chi connectivity index (χ3v) is 3.12. The van der Waals surface area contributed by atoms with E-state index in [2.05, 4.69) is 28.2 Å². The molecular weight excluding hydrogens is 227 g/mol. The lowest BCUT2D eigenvalue weighted by molar-refractivity contribution is -0.662. The number of hydrogen-bond acceptors (Lipinski definition) is 0. The number of aromatic nitrogens is 2. The molecule has 0 aliphatic heterocycles. The Morgan fingerprint density at radius 3 is 2.67 bits per heavy atom. The second-order valence-electron chi connectivity index (χ2n) is 4.45. The Balaban J connectivity index is 2.02. The van der Waals surface area contributed by atoms with Crippen LogP contribution in [-0.2, 0) is 6.54 Å². The first-order valence-electron chi connectivity index (χ1n) is 5.94. The van der Waals surface area contributed by atoms with E-state index in [9.17, 15) is 4.39 Å². The molecule has 18 heavy (non-hydrogen) atoms. The van der Waals surface area contributed by atoms with Crippen molar-refractivity contribution in [3.8, 4) is 0 Å². The summed E-state index contributed by atoms with van der Waals surface area (Å²) in [6.45, 7) is 2.83. The highest BCUT2D eigenvalue weighted by molar-refractivity contribution is 5.33. The van der Waals surface area contributed by atoms with Crippen LogP contribution in [0.25, 0.3) is 5.65 Å². The van der Waals surface area contributed by atoms with Gasteiger partial charge in [0.05, 0.1) is 6.20 Å². The van der Waals surface area contributed by atoms with Crippen LogP contribution < -0.4 is 4.57 Å². The topological polar surface area (TPSA) is 8.29 Å².